The van der Waals surface area contributed by atoms with E-state index >= 15 is 0 Å². The Morgan fingerprint density at radius 3 is 2.50 bits per heavy atom. The summed E-state index contributed by atoms with van der Waals surface area (Å²) in [6.07, 6.45) is -2.31. The number of carboxylic acids is 1. The van der Waals surface area contributed by atoms with Gasteiger partial charge in [-0.25, -0.2) is 18.6 Å². The first-order valence-electron chi connectivity index (χ1n) is 3.34. The smallest absolute Gasteiger partial charge is 0.339 e. The number of halogens is 3. The van der Waals surface area contributed by atoms with Crippen LogP contribution in [-0.4, -0.2) is 21.2 Å². The van der Waals surface area contributed by atoms with E-state index in [1.807, 2.05) is 0 Å². The van der Waals surface area contributed by atoms with Gasteiger partial charge >= 0.3 is 5.97 Å². The summed E-state index contributed by atoms with van der Waals surface area (Å²) < 4.78 is 24.5. The summed E-state index contributed by atoms with van der Waals surface area (Å²) in [4.78, 5) is 14.0. The highest BCUT2D eigenvalue weighted by Gasteiger charge is 2.25. The van der Waals surface area contributed by atoms with Crippen LogP contribution in [0.25, 0.3) is 0 Å². The molecule has 76 valence electrons. The monoisotopic (exact) mass is 267 g/mol. The first-order chi connectivity index (χ1) is 6.45. The van der Waals surface area contributed by atoms with Gasteiger partial charge in [-0.2, -0.15) is 0 Å². The number of carbonyl (C=O) groups is 1. The van der Waals surface area contributed by atoms with Crippen LogP contribution < -0.4 is 0 Å². The lowest BCUT2D eigenvalue weighted by Gasteiger charge is -2.07. The molecule has 0 atom stereocenters. The van der Waals surface area contributed by atoms with Crippen molar-refractivity contribution in [3.63, 3.8) is 0 Å². The molecular formula is C7H4BrF2NO3. The maximum Gasteiger partial charge on any atom is 0.339 e. The Morgan fingerprint density at radius 1 is 1.57 bits per heavy atom. The van der Waals surface area contributed by atoms with Crippen molar-refractivity contribution in [2.45, 2.75) is 6.43 Å². The van der Waals surface area contributed by atoms with Gasteiger partial charge in [0.15, 0.2) is 0 Å². The quantitative estimate of drug-likeness (QED) is 0.806. The van der Waals surface area contributed by atoms with Gasteiger partial charge in [-0.3, -0.25) is 0 Å². The van der Waals surface area contributed by atoms with Crippen molar-refractivity contribution in [1.29, 1.82) is 0 Å². The summed E-state index contributed by atoms with van der Waals surface area (Å²) in [6, 6.07) is 0. The van der Waals surface area contributed by atoms with Crippen LogP contribution in [0.1, 0.15) is 22.3 Å². The maximum absolute atomic E-state index is 12.4. The summed E-state index contributed by atoms with van der Waals surface area (Å²) in [6.45, 7) is 0. The number of aromatic nitrogens is 1. The number of carboxylic acid groups (broad SMARTS) is 1. The normalized spacial score (nSPS) is 10.6. The van der Waals surface area contributed by atoms with Crippen LogP contribution in [0, 0.1) is 0 Å². The zero-order valence-corrected chi connectivity index (χ0v) is 8.12. The molecule has 0 amide bonds. The minimum Gasteiger partial charge on any atom is -0.506 e. The first kappa shape index (κ1) is 10.8. The average molecular weight is 268 g/mol. The largest absolute Gasteiger partial charge is 0.506 e. The highest BCUT2D eigenvalue weighted by Crippen LogP contribution is 2.33. The van der Waals surface area contributed by atoms with E-state index in [0.29, 0.717) is 0 Å². The summed E-state index contributed by atoms with van der Waals surface area (Å²) in [5, 5.41) is 17.6. The van der Waals surface area contributed by atoms with E-state index in [1.54, 1.807) is 0 Å². The molecular weight excluding hydrogens is 264 g/mol. The second-order valence-electron chi connectivity index (χ2n) is 2.33. The van der Waals surface area contributed by atoms with Crippen LogP contribution in [0.2, 0.25) is 0 Å². The molecule has 0 saturated heterocycles. The topological polar surface area (TPSA) is 70.4 Å². The highest BCUT2D eigenvalue weighted by molar-refractivity contribution is 9.10. The third kappa shape index (κ3) is 1.82. The summed E-state index contributed by atoms with van der Waals surface area (Å²) in [5.74, 6) is -2.41. The number of pyridine rings is 1. The molecule has 2 N–H and O–H groups in total. The minimum atomic E-state index is -3.07. The Labute approximate surface area is 85.3 Å². The number of nitrogens with zero attached hydrogens (tertiary/aromatic N) is 1. The van der Waals surface area contributed by atoms with E-state index < -0.39 is 29.3 Å². The van der Waals surface area contributed by atoms with E-state index in [1.165, 1.54) is 0 Å². The van der Waals surface area contributed by atoms with E-state index in [4.69, 9.17) is 10.2 Å². The Bertz CT molecular complexity index is 383. The third-order valence-corrected chi connectivity index (χ3v) is 2.09. The Morgan fingerprint density at radius 2 is 2.14 bits per heavy atom. The fourth-order valence-electron chi connectivity index (χ4n) is 0.915. The molecule has 1 rings (SSSR count). The van der Waals surface area contributed by atoms with Crippen LogP contribution in [0.4, 0.5) is 8.78 Å². The first-order valence-corrected chi connectivity index (χ1v) is 4.13. The molecule has 0 fully saturated rings. The maximum atomic E-state index is 12.4. The van der Waals surface area contributed by atoms with E-state index in [2.05, 4.69) is 20.9 Å². The predicted molar refractivity (Wildman–Crippen MR) is 45.5 cm³/mol. The standard InChI is InChI=1S/C7H4BrF2NO3/c8-5-4(7(13)14)3(6(9)10)2(12)1-11-5/h1,6,12H,(H,13,14). The number of rotatable bonds is 2. The molecule has 1 aromatic rings. The van der Waals surface area contributed by atoms with Crippen LogP contribution in [-0.2, 0) is 0 Å². The SMILES string of the molecule is O=C(O)c1c(Br)ncc(O)c1C(F)F. The Balaban J connectivity index is 3.50. The van der Waals surface area contributed by atoms with Crippen molar-refractivity contribution in [1.82, 2.24) is 4.98 Å². The van der Waals surface area contributed by atoms with E-state index in [-0.39, 0.29) is 4.60 Å². The molecule has 0 radical (unpaired) electrons. The molecule has 0 spiro atoms. The molecule has 0 bridgehead atoms. The van der Waals surface area contributed by atoms with Crippen LogP contribution in [0.3, 0.4) is 0 Å². The molecule has 0 unspecified atom stereocenters. The Hall–Kier alpha value is -1.24. The molecule has 1 aromatic heterocycles. The molecule has 0 aliphatic carbocycles. The molecule has 14 heavy (non-hydrogen) atoms. The molecule has 0 aliphatic heterocycles. The summed E-state index contributed by atoms with van der Waals surface area (Å²) in [5.41, 5.74) is -1.65. The van der Waals surface area contributed by atoms with E-state index in [9.17, 15) is 13.6 Å². The number of alkyl halides is 2. The van der Waals surface area contributed by atoms with Gasteiger partial charge in [-0.15, -0.1) is 0 Å². The molecule has 0 aromatic carbocycles. The lowest BCUT2D eigenvalue weighted by molar-refractivity contribution is 0.0680. The van der Waals surface area contributed by atoms with Gasteiger partial charge in [0.05, 0.1) is 11.8 Å². The van der Waals surface area contributed by atoms with Crippen LogP contribution >= 0.6 is 15.9 Å². The van der Waals surface area contributed by atoms with Gasteiger partial charge in [0.25, 0.3) is 6.43 Å². The third-order valence-electron chi connectivity index (χ3n) is 1.48. The van der Waals surface area contributed by atoms with Crippen molar-refractivity contribution in [2.24, 2.45) is 0 Å². The zero-order valence-electron chi connectivity index (χ0n) is 6.54. The van der Waals surface area contributed by atoms with Crippen molar-refractivity contribution in [3.8, 4) is 5.75 Å². The van der Waals surface area contributed by atoms with Gasteiger partial charge in [-0.1, -0.05) is 0 Å². The lowest BCUT2D eigenvalue weighted by atomic mass is 10.1. The van der Waals surface area contributed by atoms with Gasteiger partial charge in [0.2, 0.25) is 0 Å². The molecule has 7 heteroatoms. The van der Waals surface area contributed by atoms with Crippen molar-refractivity contribution >= 4 is 21.9 Å². The lowest BCUT2D eigenvalue weighted by Crippen LogP contribution is -2.06. The number of hydrogen-bond donors (Lipinski definition) is 2. The second-order valence-corrected chi connectivity index (χ2v) is 3.08. The van der Waals surface area contributed by atoms with E-state index in [0.717, 1.165) is 6.20 Å². The molecule has 0 saturated carbocycles. The minimum absolute atomic E-state index is 0.238. The summed E-state index contributed by atoms with van der Waals surface area (Å²) in [7, 11) is 0. The van der Waals surface area contributed by atoms with Crippen LogP contribution in [0.5, 0.6) is 5.75 Å². The molecule has 4 nitrogen and oxygen atoms in total. The zero-order chi connectivity index (χ0) is 10.9. The number of aromatic carboxylic acids is 1. The predicted octanol–water partition coefficient (Wildman–Crippen LogP) is 2.19. The van der Waals surface area contributed by atoms with Crippen molar-refractivity contribution in [3.05, 3.63) is 21.9 Å². The van der Waals surface area contributed by atoms with Gasteiger partial charge in [0.1, 0.15) is 15.9 Å². The number of hydrogen-bond acceptors (Lipinski definition) is 3. The van der Waals surface area contributed by atoms with Gasteiger partial charge in [-0.05, 0) is 15.9 Å². The van der Waals surface area contributed by atoms with Crippen molar-refractivity contribution < 1.29 is 23.8 Å². The fourth-order valence-corrected chi connectivity index (χ4v) is 1.40. The fraction of sp³-hybridized carbons (Fsp3) is 0.143. The average Bonchev–Trinajstić information content (AvgIpc) is 2.07. The van der Waals surface area contributed by atoms with Crippen molar-refractivity contribution in [2.75, 3.05) is 0 Å². The molecule has 1 heterocycles. The molecule has 0 aliphatic rings. The Kier molecular flexibility index (Phi) is 3.00. The van der Waals surface area contributed by atoms with Gasteiger partial charge in [0, 0.05) is 0 Å². The number of aromatic hydroxyl groups is 1. The van der Waals surface area contributed by atoms with Crippen LogP contribution in [0.15, 0.2) is 10.8 Å². The summed E-state index contributed by atoms with van der Waals surface area (Å²) >= 11 is 2.71. The highest BCUT2D eigenvalue weighted by atomic mass is 79.9. The van der Waals surface area contributed by atoms with Gasteiger partial charge < -0.3 is 10.2 Å². The second kappa shape index (κ2) is 3.87.